The molecule has 2 rings (SSSR count). The molecule has 0 aromatic heterocycles. The van der Waals surface area contributed by atoms with Gasteiger partial charge in [0.15, 0.2) is 0 Å². The smallest absolute Gasteiger partial charge is 0.0456 e. The van der Waals surface area contributed by atoms with Gasteiger partial charge in [-0.2, -0.15) is 0 Å². The van der Waals surface area contributed by atoms with E-state index in [-0.39, 0.29) is 0 Å². The third kappa shape index (κ3) is 2.31. The monoisotopic (exact) mass is 204 g/mol. The molecule has 2 fully saturated rings. The maximum absolute atomic E-state index is 3.43. The molecule has 0 spiro atoms. The lowest BCUT2D eigenvalue weighted by molar-refractivity contribution is 0.289. The molecule has 2 heterocycles. The second-order valence-electron chi connectivity index (χ2n) is 3.31. The minimum absolute atomic E-state index is 0.822. The van der Waals surface area contributed by atoms with E-state index in [1.807, 2.05) is 0 Å². The Kier molecular flexibility index (Phi) is 3.63. The maximum atomic E-state index is 3.43. The van der Waals surface area contributed by atoms with Gasteiger partial charge in [0.05, 0.1) is 0 Å². The number of nitrogens with zero attached hydrogens (tertiary/aromatic N) is 1. The number of thioether (sulfide) groups is 2. The van der Waals surface area contributed by atoms with E-state index in [0.29, 0.717) is 0 Å². The molecular weight excluding hydrogens is 188 g/mol. The Morgan fingerprint density at radius 2 is 1.92 bits per heavy atom. The van der Waals surface area contributed by atoms with E-state index in [9.17, 15) is 0 Å². The molecule has 0 saturated carbocycles. The number of hydrogen-bond donors (Lipinski definition) is 1. The Morgan fingerprint density at radius 1 is 1.17 bits per heavy atom. The summed E-state index contributed by atoms with van der Waals surface area (Å²) in [6.07, 6.45) is 1.35. The number of nitrogens with one attached hydrogen (secondary N) is 1. The van der Waals surface area contributed by atoms with Gasteiger partial charge >= 0.3 is 0 Å². The maximum Gasteiger partial charge on any atom is 0.0456 e. The average molecular weight is 204 g/mol. The van der Waals surface area contributed by atoms with E-state index in [4.69, 9.17) is 0 Å². The van der Waals surface area contributed by atoms with Crippen molar-refractivity contribution in [1.29, 1.82) is 0 Å². The zero-order valence-corrected chi connectivity index (χ0v) is 8.92. The van der Waals surface area contributed by atoms with E-state index in [2.05, 4.69) is 33.7 Å². The van der Waals surface area contributed by atoms with Crippen molar-refractivity contribution in [2.24, 2.45) is 0 Å². The molecule has 0 aromatic rings. The first-order valence-electron chi connectivity index (χ1n) is 4.57. The summed E-state index contributed by atoms with van der Waals surface area (Å²) in [7, 11) is 0. The van der Waals surface area contributed by atoms with Gasteiger partial charge < -0.3 is 5.32 Å². The lowest BCUT2D eigenvalue weighted by atomic mass is 10.2. The van der Waals surface area contributed by atoms with Crippen LogP contribution in [0.3, 0.4) is 0 Å². The lowest BCUT2D eigenvalue weighted by Crippen LogP contribution is -2.35. The molecule has 2 saturated heterocycles. The molecule has 1 unspecified atom stereocenters. The Morgan fingerprint density at radius 3 is 2.50 bits per heavy atom. The van der Waals surface area contributed by atoms with Gasteiger partial charge in [-0.15, -0.1) is 23.5 Å². The van der Waals surface area contributed by atoms with E-state index >= 15 is 0 Å². The van der Waals surface area contributed by atoms with Gasteiger partial charge in [-0.25, -0.2) is 0 Å². The fraction of sp³-hybridized carbons (Fsp3) is 1.00. The Hall–Kier alpha value is 0.620. The fourth-order valence-corrected chi connectivity index (χ4v) is 4.07. The molecule has 0 radical (unpaired) electrons. The summed E-state index contributed by atoms with van der Waals surface area (Å²) in [6, 6.07) is 0.822. The van der Waals surface area contributed by atoms with Crippen molar-refractivity contribution in [2.75, 3.05) is 36.3 Å². The Balaban J connectivity index is 1.83. The third-order valence-corrected chi connectivity index (χ3v) is 4.71. The fourth-order valence-electron chi connectivity index (χ4n) is 1.68. The first kappa shape index (κ1) is 9.19. The van der Waals surface area contributed by atoms with Crippen molar-refractivity contribution in [3.8, 4) is 0 Å². The summed E-state index contributed by atoms with van der Waals surface area (Å²) < 4.78 is 0. The minimum Gasteiger partial charge on any atom is -0.315 e. The van der Waals surface area contributed by atoms with Gasteiger partial charge in [0.1, 0.15) is 0 Å². The largest absolute Gasteiger partial charge is 0.315 e. The molecule has 1 atom stereocenters. The van der Waals surface area contributed by atoms with Gasteiger partial charge in [0.2, 0.25) is 0 Å². The van der Waals surface area contributed by atoms with Gasteiger partial charge in [0, 0.05) is 35.8 Å². The minimum atomic E-state index is 0.822. The lowest BCUT2D eigenvalue weighted by Gasteiger charge is -2.25. The second kappa shape index (κ2) is 4.74. The predicted octanol–water partition coefficient (Wildman–Crippen LogP) is 1.05. The summed E-state index contributed by atoms with van der Waals surface area (Å²) in [6.45, 7) is 2.43. The molecule has 0 aromatic carbocycles. The van der Waals surface area contributed by atoms with Crippen LogP contribution in [0.25, 0.3) is 0 Å². The molecule has 70 valence electrons. The highest BCUT2D eigenvalue weighted by molar-refractivity contribution is 8.03. The van der Waals surface area contributed by atoms with Crippen LogP contribution in [0.15, 0.2) is 0 Å². The summed E-state index contributed by atoms with van der Waals surface area (Å²) in [5.41, 5.74) is 0. The zero-order chi connectivity index (χ0) is 8.23. The molecule has 2 nitrogen and oxygen atoms in total. The van der Waals surface area contributed by atoms with E-state index in [1.54, 1.807) is 0 Å². The number of rotatable bonds is 1. The van der Waals surface area contributed by atoms with Gasteiger partial charge in [-0.1, -0.05) is 0 Å². The Bertz CT molecular complexity index is 129. The molecule has 2 aliphatic heterocycles. The van der Waals surface area contributed by atoms with Crippen molar-refractivity contribution in [2.45, 2.75) is 12.5 Å². The van der Waals surface area contributed by atoms with E-state index < -0.39 is 0 Å². The van der Waals surface area contributed by atoms with Gasteiger partial charge in [0.25, 0.3) is 0 Å². The molecule has 12 heavy (non-hydrogen) atoms. The SMILES string of the molecule is C1CC(N2CSCCSC2)CN1. The highest BCUT2D eigenvalue weighted by atomic mass is 32.2. The number of hydrogen-bond acceptors (Lipinski definition) is 4. The predicted molar refractivity (Wildman–Crippen MR) is 57.8 cm³/mol. The van der Waals surface area contributed by atoms with Crippen LogP contribution in [0, 0.1) is 0 Å². The van der Waals surface area contributed by atoms with Crippen molar-refractivity contribution < 1.29 is 0 Å². The molecule has 4 heteroatoms. The zero-order valence-electron chi connectivity index (χ0n) is 7.29. The van der Waals surface area contributed by atoms with Crippen LogP contribution in [0.1, 0.15) is 6.42 Å². The molecule has 0 bridgehead atoms. The van der Waals surface area contributed by atoms with Crippen molar-refractivity contribution in [3.05, 3.63) is 0 Å². The average Bonchev–Trinajstić information content (AvgIpc) is 2.48. The summed E-state index contributed by atoms with van der Waals surface area (Å²) in [4.78, 5) is 2.63. The van der Waals surface area contributed by atoms with Crippen molar-refractivity contribution >= 4 is 23.5 Å². The van der Waals surface area contributed by atoms with Crippen LogP contribution in [-0.4, -0.2) is 47.3 Å². The van der Waals surface area contributed by atoms with E-state index in [1.165, 1.54) is 42.8 Å². The standard InChI is InChI=1S/C8H16N2S2/c1-2-9-5-8(1)10-6-11-3-4-12-7-10/h8-9H,1-7H2. The van der Waals surface area contributed by atoms with Crippen LogP contribution in [0.2, 0.25) is 0 Å². The highest BCUT2D eigenvalue weighted by Crippen LogP contribution is 2.21. The topological polar surface area (TPSA) is 15.3 Å². The van der Waals surface area contributed by atoms with Gasteiger partial charge in [-0.3, -0.25) is 4.90 Å². The second-order valence-corrected chi connectivity index (χ2v) is 5.46. The molecule has 2 aliphatic rings. The van der Waals surface area contributed by atoms with Crippen LogP contribution >= 0.6 is 23.5 Å². The summed E-state index contributed by atoms with van der Waals surface area (Å²) in [5.74, 6) is 5.17. The van der Waals surface area contributed by atoms with Gasteiger partial charge in [-0.05, 0) is 13.0 Å². The molecule has 1 N–H and O–H groups in total. The Labute approximate surface area is 82.8 Å². The normalized spacial score (nSPS) is 33.5. The molecular formula is C8H16N2S2. The van der Waals surface area contributed by atoms with Crippen LogP contribution in [0.4, 0.5) is 0 Å². The van der Waals surface area contributed by atoms with Crippen LogP contribution in [0.5, 0.6) is 0 Å². The summed E-state index contributed by atoms with van der Waals surface area (Å²) >= 11 is 4.18. The van der Waals surface area contributed by atoms with E-state index in [0.717, 1.165) is 6.04 Å². The summed E-state index contributed by atoms with van der Waals surface area (Å²) in [5, 5.41) is 3.43. The highest BCUT2D eigenvalue weighted by Gasteiger charge is 2.22. The van der Waals surface area contributed by atoms with Crippen LogP contribution < -0.4 is 5.32 Å². The third-order valence-electron chi connectivity index (χ3n) is 2.44. The quantitative estimate of drug-likeness (QED) is 0.686. The molecule has 0 amide bonds. The van der Waals surface area contributed by atoms with Crippen LogP contribution in [-0.2, 0) is 0 Å². The molecule has 0 aliphatic carbocycles. The van der Waals surface area contributed by atoms with Crippen molar-refractivity contribution in [3.63, 3.8) is 0 Å². The first-order chi connectivity index (χ1) is 5.97. The van der Waals surface area contributed by atoms with Crippen molar-refractivity contribution in [1.82, 2.24) is 10.2 Å². The first-order valence-corrected chi connectivity index (χ1v) is 6.88.